The number of thioether (sulfide) groups is 1. The molecule has 3 N–H and O–H groups in total. The number of nitrogens with zero attached hydrogens (tertiary/aromatic N) is 4. The van der Waals surface area contributed by atoms with Gasteiger partial charge in [-0.25, -0.2) is 4.68 Å². The number of aromatic nitrogens is 3. The van der Waals surface area contributed by atoms with E-state index in [2.05, 4.69) is 15.5 Å². The van der Waals surface area contributed by atoms with Crippen molar-refractivity contribution in [1.82, 2.24) is 14.9 Å². The van der Waals surface area contributed by atoms with Crippen LogP contribution in [0.5, 0.6) is 0 Å². The van der Waals surface area contributed by atoms with Crippen molar-refractivity contribution in [2.75, 3.05) is 16.9 Å². The summed E-state index contributed by atoms with van der Waals surface area (Å²) in [4.78, 5) is 12.1. The predicted octanol–water partition coefficient (Wildman–Crippen LogP) is 2.55. The second kappa shape index (κ2) is 7.11. The van der Waals surface area contributed by atoms with Crippen molar-refractivity contribution in [3.8, 4) is 6.07 Å². The van der Waals surface area contributed by atoms with Gasteiger partial charge in [-0.1, -0.05) is 44.1 Å². The van der Waals surface area contributed by atoms with E-state index in [0.29, 0.717) is 27.3 Å². The van der Waals surface area contributed by atoms with Gasteiger partial charge in [0.1, 0.15) is 6.07 Å². The highest BCUT2D eigenvalue weighted by molar-refractivity contribution is 7.99. The van der Waals surface area contributed by atoms with E-state index >= 15 is 0 Å². The number of nitrogens with one attached hydrogen (secondary N) is 1. The molecule has 2 aromatic rings. The Balaban J connectivity index is 2.04. The Morgan fingerprint density at radius 2 is 2.17 bits per heavy atom. The number of hydrogen-bond acceptors (Lipinski definition) is 6. The number of hydrogen-bond donors (Lipinski definition) is 2. The summed E-state index contributed by atoms with van der Waals surface area (Å²) in [5, 5.41) is 20.7. The van der Waals surface area contributed by atoms with Crippen LogP contribution in [0.1, 0.15) is 32.2 Å². The largest absolute Gasteiger partial charge is 0.336 e. The highest BCUT2D eigenvalue weighted by atomic mass is 35.5. The molecule has 0 aliphatic carbocycles. The van der Waals surface area contributed by atoms with Crippen LogP contribution in [0.25, 0.3) is 0 Å². The number of carbonyl (C=O) groups excluding carboxylic acids is 1. The van der Waals surface area contributed by atoms with Gasteiger partial charge in [-0.05, 0) is 18.2 Å². The summed E-state index contributed by atoms with van der Waals surface area (Å²) in [6.07, 6.45) is 0. The van der Waals surface area contributed by atoms with Gasteiger partial charge in [-0.2, -0.15) is 5.26 Å². The molecular formula is C15H17ClN6OS. The number of rotatable bonds is 4. The molecule has 0 saturated heterocycles. The number of anilines is 1. The van der Waals surface area contributed by atoms with Crippen LogP contribution in [-0.4, -0.2) is 26.5 Å². The van der Waals surface area contributed by atoms with Crippen molar-refractivity contribution in [1.29, 1.82) is 5.26 Å². The van der Waals surface area contributed by atoms with Crippen LogP contribution in [0, 0.1) is 11.3 Å². The van der Waals surface area contributed by atoms with Gasteiger partial charge in [-0.3, -0.25) is 4.79 Å². The number of halogens is 1. The van der Waals surface area contributed by atoms with E-state index in [1.54, 1.807) is 12.1 Å². The first-order valence-electron chi connectivity index (χ1n) is 7.05. The molecule has 0 radical (unpaired) electrons. The average molecular weight is 365 g/mol. The minimum Gasteiger partial charge on any atom is -0.336 e. The standard InChI is InChI=1S/C15H17ClN6OS/c1-15(2,3)13-20-21-14(22(13)18)24-8-12(23)19-11-6-10(16)5-4-9(11)7-17/h4-6H,8,18H2,1-3H3,(H,19,23). The van der Waals surface area contributed by atoms with Gasteiger partial charge in [0.25, 0.3) is 0 Å². The Kier molecular flexibility index (Phi) is 5.36. The average Bonchev–Trinajstić information content (AvgIpc) is 2.86. The summed E-state index contributed by atoms with van der Waals surface area (Å²) in [6, 6.07) is 6.68. The molecule has 0 spiro atoms. The number of nitrogen functional groups attached to an aromatic ring is 1. The molecule has 0 aliphatic rings. The van der Waals surface area contributed by atoms with E-state index in [4.69, 9.17) is 22.7 Å². The van der Waals surface area contributed by atoms with Crippen molar-refractivity contribution < 1.29 is 4.79 Å². The van der Waals surface area contributed by atoms with Crippen LogP contribution in [0.2, 0.25) is 5.02 Å². The summed E-state index contributed by atoms with van der Waals surface area (Å²) in [7, 11) is 0. The fourth-order valence-electron chi connectivity index (χ4n) is 1.92. The monoisotopic (exact) mass is 364 g/mol. The van der Waals surface area contributed by atoms with E-state index in [9.17, 15) is 4.79 Å². The molecule has 1 aromatic heterocycles. The van der Waals surface area contributed by atoms with Crippen molar-refractivity contribution in [3.63, 3.8) is 0 Å². The zero-order valence-corrected chi connectivity index (χ0v) is 15.1. The van der Waals surface area contributed by atoms with Crippen LogP contribution in [0.15, 0.2) is 23.4 Å². The Morgan fingerprint density at radius 1 is 1.46 bits per heavy atom. The molecule has 0 aliphatic heterocycles. The third-order valence-electron chi connectivity index (χ3n) is 3.04. The summed E-state index contributed by atoms with van der Waals surface area (Å²) < 4.78 is 1.39. The molecule has 0 bridgehead atoms. The van der Waals surface area contributed by atoms with Crippen LogP contribution in [0.3, 0.4) is 0 Å². The third-order valence-corrected chi connectivity index (χ3v) is 4.22. The SMILES string of the molecule is CC(C)(C)c1nnc(SCC(=O)Nc2cc(Cl)ccc2C#N)n1N. The maximum Gasteiger partial charge on any atom is 0.234 e. The Bertz CT molecular complexity index is 805. The second-order valence-electron chi connectivity index (χ2n) is 6.06. The van der Waals surface area contributed by atoms with Gasteiger partial charge >= 0.3 is 0 Å². The molecule has 24 heavy (non-hydrogen) atoms. The lowest BCUT2D eigenvalue weighted by Crippen LogP contribution is -2.24. The number of nitrogens with two attached hydrogens (primary N) is 1. The molecule has 1 heterocycles. The summed E-state index contributed by atoms with van der Waals surface area (Å²) in [5.74, 6) is 6.39. The number of carbonyl (C=O) groups is 1. The van der Waals surface area contributed by atoms with Gasteiger partial charge in [0.15, 0.2) is 5.82 Å². The topological polar surface area (TPSA) is 110 Å². The zero-order chi connectivity index (χ0) is 17.9. The molecular weight excluding hydrogens is 348 g/mol. The molecule has 1 amide bonds. The number of amides is 1. The van der Waals surface area contributed by atoms with Crippen LogP contribution >= 0.6 is 23.4 Å². The Hall–Kier alpha value is -2.24. The van der Waals surface area contributed by atoms with E-state index in [1.807, 2.05) is 26.8 Å². The lowest BCUT2D eigenvalue weighted by molar-refractivity contribution is -0.113. The third kappa shape index (κ3) is 4.19. The van der Waals surface area contributed by atoms with E-state index in [-0.39, 0.29) is 17.1 Å². The molecule has 0 saturated carbocycles. The van der Waals surface area contributed by atoms with Gasteiger partial charge in [-0.15, -0.1) is 10.2 Å². The van der Waals surface area contributed by atoms with Crippen LogP contribution in [0.4, 0.5) is 5.69 Å². The van der Waals surface area contributed by atoms with E-state index in [0.717, 1.165) is 0 Å². The van der Waals surface area contributed by atoms with Crippen LogP contribution in [-0.2, 0) is 10.2 Å². The first kappa shape index (κ1) is 18.1. The maximum atomic E-state index is 12.1. The summed E-state index contributed by atoms with van der Waals surface area (Å²) in [6.45, 7) is 5.93. The smallest absolute Gasteiger partial charge is 0.234 e. The van der Waals surface area contributed by atoms with Crippen molar-refractivity contribution in [2.45, 2.75) is 31.3 Å². The molecule has 0 atom stereocenters. The highest BCUT2D eigenvalue weighted by Gasteiger charge is 2.23. The lowest BCUT2D eigenvalue weighted by Gasteiger charge is -2.16. The first-order valence-corrected chi connectivity index (χ1v) is 8.42. The quantitative estimate of drug-likeness (QED) is 0.637. The minimum atomic E-state index is -0.293. The fraction of sp³-hybridized carbons (Fsp3) is 0.333. The van der Waals surface area contributed by atoms with Crippen molar-refractivity contribution in [3.05, 3.63) is 34.6 Å². The molecule has 1 aromatic carbocycles. The Morgan fingerprint density at radius 3 is 2.75 bits per heavy atom. The molecule has 0 fully saturated rings. The summed E-state index contributed by atoms with van der Waals surface area (Å²) in [5.41, 5.74) is 0.473. The first-order chi connectivity index (χ1) is 11.2. The summed E-state index contributed by atoms with van der Waals surface area (Å²) >= 11 is 7.06. The number of benzene rings is 1. The molecule has 126 valence electrons. The van der Waals surface area contributed by atoms with Gasteiger partial charge in [0.2, 0.25) is 11.1 Å². The zero-order valence-electron chi connectivity index (χ0n) is 13.5. The van der Waals surface area contributed by atoms with E-state index < -0.39 is 0 Å². The molecule has 7 nitrogen and oxygen atoms in total. The van der Waals surface area contributed by atoms with Gasteiger partial charge < -0.3 is 11.2 Å². The molecule has 0 unspecified atom stereocenters. The number of nitriles is 1. The fourth-order valence-corrected chi connectivity index (χ4v) is 2.75. The van der Waals surface area contributed by atoms with E-state index in [1.165, 1.54) is 22.5 Å². The predicted molar refractivity (Wildman–Crippen MR) is 94.4 cm³/mol. The van der Waals surface area contributed by atoms with Crippen molar-refractivity contribution in [2.24, 2.45) is 0 Å². The lowest BCUT2D eigenvalue weighted by atomic mass is 9.96. The van der Waals surface area contributed by atoms with Gasteiger partial charge in [0.05, 0.1) is 17.0 Å². The Labute approximate surface area is 149 Å². The molecule has 9 heteroatoms. The second-order valence-corrected chi connectivity index (χ2v) is 7.44. The van der Waals surface area contributed by atoms with Crippen molar-refractivity contribution >= 4 is 35.0 Å². The highest BCUT2D eigenvalue weighted by Crippen LogP contribution is 2.24. The minimum absolute atomic E-state index is 0.0802. The maximum absolute atomic E-state index is 12.1. The normalized spacial score (nSPS) is 11.1. The van der Waals surface area contributed by atoms with Crippen LogP contribution < -0.4 is 11.2 Å². The van der Waals surface area contributed by atoms with Gasteiger partial charge in [0, 0.05) is 10.4 Å². The molecule has 2 rings (SSSR count).